The van der Waals surface area contributed by atoms with E-state index in [1.165, 1.54) is 18.2 Å². The highest BCUT2D eigenvalue weighted by Crippen LogP contribution is 2.34. The average Bonchev–Trinajstić information content (AvgIpc) is 2.63. The summed E-state index contributed by atoms with van der Waals surface area (Å²) in [5, 5.41) is 32.2. The van der Waals surface area contributed by atoms with Crippen molar-refractivity contribution in [2.75, 3.05) is 18.1 Å². The van der Waals surface area contributed by atoms with Crippen molar-refractivity contribution in [1.82, 2.24) is 9.97 Å². The van der Waals surface area contributed by atoms with Gasteiger partial charge in [-0.1, -0.05) is 12.1 Å². The fourth-order valence-electron chi connectivity index (χ4n) is 2.44. The Labute approximate surface area is 144 Å². The van der Waals surface area contributed by atoms with E-state index in [1.54, 1.807) is 13.1 Å². The second kappa shape index (κ2) is 6.37. The van der Waals surface area contributed by atoms with Crippen molar-refractivity contribution in [1.29, 1.82) is 5.26 Å². The average molecular weight is 333 g/mol. The molecule has 0 bridgehead atoms. The number of anilines is 2. The second-order valence-corrected chi connectivity index (χ2v) is 5.30. The van der Waals surface area contributed by atoms with Gasteiger partial charge in [0.25, 0.3) is 0 Å². The number of hydrogen-bond donors (Lipinski definition) is 4. The molecule has 0 fully saturated rings. The molecule has 124 valence electrons. The molecule has 0 atom stereocenters. The molecule has 0 unspecified atom stereocenters. The zero-order valence-electron chi connectivity index (χ0n) is 13.4. The van der Waals surface area contributed by atoms with Gasteiger partial charge < -0.3 is 21.3 Å². The summed E-state index contributed by atoms with van der Waals surface area (Å²) in [5.74, 6) is -0.0234. The second-order valence-electron chi connectivity index (χ2n) is 5.30. The fourth-order valence-corrected chi connectivity index (χ4v) is 2.44. The summed E-state index contributed by atoms with van der Waals surface area (Å²) in [4.78, 5) is 8.51. The Bertz CT molecular complexity index is 995. The van der Waals surface area contributed by atoms with E-state index in [-0.39, 0.29) is 34.3 Å². The van der Waals surface area contributed by atoms with Crippen LogP contribution in [-0.2, 0) is 0 Å². The van der Waals surface area contributed by atoms with Crippen LogP contribution in [0.15, 0.2) is 42.5 Å². The lowest BCUT2D eigenvalue weighted by Crippen LogP contribution is -2.03. The summed E-state index contributed by atoms with van der Waals surface area (Å²) in [7, 11) is 1.79. The molecule has 0 radical (unpaired) electrons. The number of nitriles is 1. The number of benzene rings is 2. The Morgan fingerprint density at radius 1 is 1.12 bits per heavy atom. The minimum atomic E-state index is -0.100. The Morgan fingerprint density at radius 2 is 1.92 bits per heavy atom. The lowest BCUT2D eigenvalue weighted by atomic mass is 10.1. The summed E-state index contributed by atoms with van der Waals surface area (Å²) in [5.41, 5.74) is 8.18. The maximum Gasteiger partial charge on any atom is 0.166 e. The molecule has 0 amide bonds. The van der Waals surface area contributed by atoms with E-state index in [1.807, 2.05) is 24.3 Å². The predicted molar refractivity (Wildman–Crippen MR) is 94.9 cm³/mol. The van der Waals surface area contributed by atoms with Gasteiger partial charge in [-0.2, -0.15) is 5.26 Å². The van der Waals surface area contributed by atoms with Crippen LogP contribution >= 0.6 is 0 Å². The van der Waals surface area contributed by atoms with E-state index in [2.05, 4.69) is 15.3 Å². The molecule has 7 heteroatoms. The molecule has 2 aromatic carbocycles. The minimum Gasteiger partial charge on any atom is -0.508 e. The highest BCUT2D eigenvalue weighted by atomic mass is 16.3. The quantitative estimate of drug-likeness (QED) is 0.542. The van der Waals surface area contributed by atoms with Gasteiger partial charge in [0.2, 0.25) is 0 Å². The first kappa shape index (κ1) is 16.1. The van der Waals surface area contributed by atoms with Crippen LogP contribution in [0.1, 0.15) is 5.56 Å². The smallest absolute Gasteiger partial charge is 0.166 e. The van der Waals surface area contributed by atoms with Crippen molar-refractivity contribution >= 4 is 11.5 Å². The molecule has 0 aliphatic carbocycles. The Kier molecular flexibility index (Phi) is 4.10. The van der Waals surface area contributed by atoms with Gasteiger partial charge in [0.15, 0.2) is 5.82 Å². The monoisotopic (exact) mass is 333 g/mol. The maximum absolute atomic E-state index is 10.0. The third-order valence-electron chi connectivity index (χ3n) is 3.69. The van der Waals surface area contributed by atoms with Crippen LogP contribution in [0.3, 0.4) is 0 Å². The zero-order chi connectivity index (χ0) is 18.0. The normalized spacial score (nSPS) is 10.2. The molecular weight excluding hydrogens is 318 g/mol. The van der Waals surface area contributed by atoms with Gasteiger partial charge in [0.05, 0.1) is 11.3 Å². The molecule has 0 saturated carbocycles. The van der Waals surface area contributed by atoms with Crippen LogP contribution in [0.5, 0.6) is 11.5 Å². The number of phenols is 2. The van der Waals surface area contributed by atoms with E-state index >= 15 is 0 Å². The highest BCUT2D eigenvalue weighted by molar-refractivity contribution is 5.78. The summed E-state index contributed by atoms with van der Waals surface area (Å²) >= 11 is 0. The van der Waals surface area contributed by atoms with Gasteiger partial charge in [-0.05, 0) is 30.3 Å². The lowest BCUT2D eigenvalue weighted by molar-refractivity contribution is 0.461. The van der Waals surface area contributed by atoms with E-state index in [9.17, 15) is 15.5 Å². The molecule has 0 spiro atoms. The number of rotatable bonds is 3. The van der Waals surface area contributed by atoms with Crippen molar-refractivity contribution in [3.63, 3.8) is 0 Å². The van der Waals surface area contributed by atoms with E-state index < -0.39 is 0 Å². The number of nitrogens with one attached hydrogen (secondary N) is 1. The van der Waals surface area contributed by atoms with Crippen molar-refractivity contribution in [3.05, 3.63) is 48.0 Å². The van der Waals surface area contributed by atoms with Crippen molar-refractivity contribution in [2.45, 2.75) is 0 Å². The summed E-state index contributed by atoms with van der Waals surface area (Å²) in [6, 6.07) is 13.4. The van der Waals surface area contributed by atoms with Gasteiger partial charge in [-0.3, -0.25) is 0 Å². The predicted octanol–water partition coefficient (Wildman–Crippen LogP) is 2.72. The van der Waals surface area contributed by atoms with E-state index in [0.29, 0.717) is 11.3 Å². The number of hydrogen-bond acceptors (Lipinski definition) is 7. The molecule has 5 N–H and O–H groups in total. The number of nitrogens with zero attached hydrogens (tertiary/aromatic N) is 3. The Hall–Kier alpha value is -3.79. The highest BCUT2D eigenvalue weighted by Gasteiger charge is 2.17. The molecule has 0 aliphatic rings. The lowest BCUT2D eigenvalue weighted by Gasteiger charge is -2.11. The number of nitrogens with two attached hydrogens (primary N) is 1. The Morgan fingerprint density at radius 3 is 2.64 bits per heavy atom. The van der Waals surface area contributed by atoms with Gasteiger partial charge in [-0.25, -0.2) is 9.97 Å². The molecule has 1 aromatic heterocycles. The third kappa shape index (κ3) is 3.01. The molecule has 3 aromatic rings. The standard InChI is InChI=1S/C18H15N5O2/c1-21-11-4-2-3-10(7-11)16-14(9-19)17(20)23-18(22-16)13-8-12(24)5-6-15(13)25/h2-8,21,24-25H,1H3,(H2,20,22,23). The van der Waals surface area contributed by atoms with Crippen LogP contribution in [0.25, 0.3) is 22.6 Å². The van der Waals surface area contributed by atoms with Crippen LogP contribution in [0, 0.1) is 11.3 Å². The van der Waals surface area contributed by atoms with Gasteiger partial charge >= 0.3 is 0 Å². The summed E-state index contributed by atoms with van der Waals surface area (Å²) in [6.45, 7) is 0. The van der Waals surface area contributed by atoms with Crippen LogP contribution in [0.4, 0.5) is 11.5 Å². The third-order valence-corrected chi connectivity index (χ3v) is 3.69. The van der Waals surface area contributed by atoms with Crippen molar-refractivity contribution in [2.24, 2.45) is 0 Å². The van der Waals surface area contributed by atoms with Gasteiger partial charge in [-0.15, -0.1) is 0 Å². The zero-order valence-corrected chi connectivity index (χ0v) is 13.4. The fraction of sp³-hybridized carbons (Fsp3) is 0.0556. The molecule has 25 heavy (non-hydrogen) atoms. The molecule has 0 saturated heterocycles. The minimum absolute atomic E-state index is 0.0000959. The number of nitrogen functional groups attached to an aromatic ring is 1. The van der Waals surface area contributed by atoms with Crippen LogP contribution in [-0.4, -0.2) is 27.2 Å². The molecule has 1 heterocycles. The number of phenolic OH excluding ortho intramolecular Hbond substituents is 2. The first-order valence-electron chi connectivity index (χ1n) is 7.41. The molecular formula is C18H15N5O2. The van der Waals surface area contributed by atoms with Crippen LogP contribution < -0.4 is 11.1 Å². The topological polar surface area (TPSA) is 128 Å². The first-order chi connectivity index (χ1) is 12.0. The Balaban J connectivity index is 2.26. The number of aromatic nitrogens is 2. The van der Waals surface area contributed by atoms with Crippen molar-refractivity contribution in [3.8, 4) is 40.2 Å². The van der Waals surface area contributed by atoms with Crippen LogP contribution in [0.2, 0.25) is 0 Å². The molecule has 7 nitrogen and oxygen atoms in total. The van der Waals surface area contributed by atoms with E-state index in [0.717, 1.165) is 5.69 Å². The van der Waals surface area contributed by atoms with Crippen molar-refractivity contribution < 1.29 is 10.2 Å². The first-order valence-corrected chi connectivity index (χ1v) is 7.41. The molecule has 3 rings (SSSR count). The largest absolute Gasteiger partial charge is 0.508 e. The maximum atomic E-state index is 10.0. The van der Waals surface area contributed by atoms with Gasteiger partial charge in [0.1, 0.15) is 28.9 Å². The summed E-state index contributed by atoms with van der Waals surface area (Å²) in [6.07, 6.45) is 0. The van der Waals surface area contributed by atoms with Gasteiger partial charge in [0, 0.05) is 18.3 Å². The summed E-state index contributed by atoms with van der Waals surface area (Å²) < 4.78 is 0. The molecule has 0 aliphatic heterocycles. The SMILES string of the molecule is CNc1cccc(-c2nc(-c3cc(O)ccc3O)nc(N)c2C#N)c1. The van der Waals surface area contributed by atoms with E-state index in [4.69, 9.17) is 5.73 Å². The number of aromatic hydroxyl groups is 2.